The van der Waals surface area contributed by atoms with E-state index in [1.807, 2.05) is 39.0 Å². The Balaban J connectivity index is 2.72. The molecule has 1 unspecified atom stereocenters. The number of benzene rings is 1. The Morgan fingerprint density at radius 1 is 1.45 bits per heavy atom. The van der Waals surface area contributed by atoms with Crippen molar-refractivity contribution in [3.63, 3.8) is 0 Å². The molecule has 108 valence electrons. The van der Waals surface area contributed by atoms with E-state index >= 15 is 0 Å². The van der Waals surface area contributed by atoms with Crippen LogP contribution in [0.4, 0.5) is 0 Å². The van der Waals surface area contributed by atoms with Crippen molar-refractivity contribution in [3.8, 4) is 11.8 Å². The first-order valence-electron chi connectivity index (χ1n) is 6.56. The minimum absolute atomic E-state index is 0.00646. The zero-order chi connectivity index (χ0) is 15.1. The Labute approximate surface area is 119 Å². The maximum absolute atomic E-state index is 11.4. The maximum Gasteiger partial charge on any atom is 0.258 e. The molecule has 0 aromatic heterocycles. The molecule has 0 saturated carbocycles. The zero-order valence-electron chi connectivity index (χ0n) is 12.2. The van der Waals surface area contributed by atoms with Crippen molar-refractivity contribution >= 4 is 5.91 Å². The van der Waals surface area contributed by atoms with Gasteiger partial charge < -0.3 is 15.8 Å². The van der Waals surface area contributed by atoms with Crippen LogP contribution in [0.15, 0.2) is 12.1 Å². The number of nitrogens with zero attached hydrogens (tertiary/aromatic N) is 1. The van der Waals surface area contributed by atoms with Crippen LogP contribution in [0.3, 0.4) is 0 Å². The molecule has 0 spiro atoms. The molecule has 1 aromatic rings. The molecule has 1 atom stereocenters. The van der Waals surface area contributed by atoms with Crippen LogP contribution in [0.5, 0.6) is 5.75 Å². The van der Waals surface area contributed by atoms with Crippen molar-refractivity contribution in [1.29, 1.82) is 5.26 Å². The average Bonchev–Trinajstić information content (AvgIpc) is 2.34. The third kappa shape index (κ3) is 4.90. The van der Waals surface area contributed by atoms with Gasteiger partial charge in [-0.15, -0.1) is 0 Å². The summed E-state index contributed by atoms with van der Waals surface area (Å²) in [7, 11) is 0. The molecule has 1 rings (SSSR count). The first-order chi connectivity index (χ1) is 9.43. The highest BCUT2D eigenvalue weighted by molar-refractivity contribution is 5.77. The lowest BCUT2D eigenvalue weighted by atomic mass is 10.0. The number of aryl methyl sites for hydroxylation is 2. The van der Waals surface area contributed by atoms with Gasteiger partial charge in [-0.25, -0.2) is 0 Å². The summed E-state index contributed by atoms with van der Waals surface area (Å²) in [6, 6.07) is 6.01. The fourth-order valence-corrected chi connectivity index (χ4v) is 2.08. The van der Waals surface area contributed by atoms with E-state index in [4.69, 9.17) is 15.7 Å². The van der Waals surface area contributed by atoms with Crippen molar-refractivity contribution in [2.45, 2.75) is 33.2 Å². The maximum atomic E-state index is 11.4. The number of carbonyl (C=O) groups is 1. The van der Waals surface area contributed by atoms with Crippen molar-refractivity contribution in [2.24, 2.45) is 5.73 Å². The van der Waals surface area contributed by atoms with Gasteiger partial charge in [0.2, 0.25) is 0 Å². The molecule has 0 aliphatic rings. The second-order valence-electron chi connectivity index (χ2n) is 4.96. The van der Waals surface area contributed by atoms with Crippen molar-refractivity contribution in [2.75, 3.05) is 13.2 Å². The molecule has 1 amide bonds. The quantitative estimate of drug-likeness (QED) is 0.764. The third-order valence-electron chi connectivity index (χ3n) is 2.79. The van der Waals surface area contributed by atoms with Crippen LogP contribution in [0.2, 0.25) is 0 Å². The number of hydrogen-bond donors (Lipinski definition) is 2. The van der Waals surface area contributed by atoms with Crippen LogP contribution in [-0.4, -0.2) is 25.1 Å². The summed E-state index contributed by atoms with van der Waals surface area (Å²) in [5.74, 6) is 0.413. The molecule has 0 aliphatic heterocycles. The normalized spacial score (nSPS) is 11.6. The Hall–Kier alpha value is -2.06. The molecule has 5 nitrogen and oxygen atoms in total. The summed E-state index contributed by atoms with van der Waals surface area (Å²) in [5.41, 5.74) is 8.92. The predicted octanol–water partition coefficient (Wildman–Crippen LogP) is 1.21. The van der Waals surface area contributed by atoms with Gasteiger partial charge >= 0.3 is 0 Å². The predicted molar refractivity (Wildman–Crippen MR) is 77.4 cm³/mol. The molecule has 3 N–H and O–H groups in total. The molecule has 0 bridgehead atoms. The lowest BCUT2D eigenvalue weighted by Crippen LogP contribution is -2.29. The summed E-state index contributed by atoms with van der Waals surface area (Å²) in [6.07, 6.45) is 0.810. The number of hydrogen-bond acceptors (Lipinski definition) is 4. The number of rotatable bonds is 6. The number of amides is 1. The molecule has 0 radical (unpaired) electrons. The topological polar surface area (TPSA) is 88.1 Å². The average molecular weight is 275 g/mol. The lowest BCUT2D eigenvalue weighted by Gasteiger charge is -2.14. The summed E-state index contributed by atoms with van der Waals surface area (Å²) in [6.45, 7) is 5.76. The zero-order valence-corrected chi connectivity index (χ0v) is 12.2. The van der Waals surface area contributed by atoms with Gasteiger partial charge in [0.1, 0.15) is 12.3 Å². The summed E-state index contributed by atoms with van der Waals surface area (Å²) < 4.78 is 5.53. The highest BCUT2D eigenvalue weighted by Crippen LogP contribution is 2.25. The van der Waals surface area contributed by atoms with Crippen LogP contribution in [0.25, 0.3) is 0 Å². The van der Waals surface area contributed by atoms with Gasteiger partial charge in [-0.3, -0.25) is 4.79 Å². The molecular weight excluding hydrogens is 254 g/mol. The van der Waals surface area contributed by atoms with Crippen molar-refractivity contribution in [3.05, 3.63) is 28.8 Å². The van der Waals surface area contributed by atoms with Crippen LogP contribution in [-0.2, 0) is 11.2 Å². The van der Waals surface area contributed by atoms with Crippen LogP contribution >= 0.6 is 0 Å². The highest BCUT2D eigenvalue weighted by Gasteiger charge is 2.09. The van der Waals surface area contributed by atoms with Crippen molar-refractivity contribution < 1.29 is 9.53 Å². The molecule has 0 aliphatic carbocycles. The number of nitriles is 1. The molecule has 5 heteroatoms. The van der Waals surface area contributed by atoms with Gasteiger partial charge in [0.15, 0.2) is 6.61 Å². The second kappa shape index (κ2) is 7.51. The molecule has 0 heterocycles. The van der Waals surface area contributed by atoms with E-state index in [0.717, 1.165) is 23.1 Å². The number of nitrogens with one attached hydrogen (secondary N) is 1. The first kappa shape index (κ1) is 16.0. The van der Waals surface area contributed by atoms with Gasteiger partial charge in [0.05, 0.1) is 6.07 Å². The van der Waals surface area contributed by atoms with E-state index in [1.54, 1.807) is 0 Å². The van der Waals surface area contributed by atoms with E-state index < -0.39 is 0 Å². The van der Waals surface area contributed by atoms with E-state index in [-0.39, 0.29) is 25.1 Å². The van der Waals surface area contributed by atoms with Crippen molar-refractivity contribution in [1.82, 2.24) is 5.32 Å². The number of ether oxygens (including phenoxy) is 1. The minimum atomic E-state index is -0.301. The van der Waals surface area contributed by atoms with Crippen LogP contribution in [0.1, 0.15) is 23.6 Å². The molecule has 0 fully saturated rings. The SMILES string of the molecule is Cc1cc(CC(C)N)cc(C)c1OCC(=O)NCC#N. The Bertz CT molecular complexity index is 495. The lowest BCUT2D eigenvalue weighted by molar-refractivity contribution is -0.122. The molecule has 20 heavy (non-hydrogen) atoms. The monoisotopic (exact) mass is 275 g/mol. The molecule has 0 saturated heterocycles. The molecule has 1 aromatic carbocycles. The largest absolute Gasteiger partial charge is 0.483 e. The third-order valence-corrected chi connectivity index (χ3v) is 2.79. The Morgan fingerprint density at radius 2 is 2.05 bits per heavy atom. The van der Waals surface area contributed by atoms with E-state index in [2.05, 4.69) is 5.32 Å². The Kier molecular flexibility index (Phi) is 6.01. The van der Waals surface area contributed by atoms with E-state index in [9.17, 15) is 4.79 Å². The Morgan fingerprint density at radius 3 is 2.55 bits per heavy atom. The van der Waals surface area contributed by atoms with Crippen LogP contribution in [0, 0.1) is 25.2 Å². The van der Waals surface area contributed by atoms with E-state index in [1.165, 1.54) is 0 Å². The first-order valence-corrected chi connectivity index (χ1v) is 6.56. The number of carbonyl (C=O) groups excluding carboxylic acids is 1. The van der Waals surface area contributed by atoms with Gasteiger partial charge in [-0.1, -0.05) is 12.1 Å². The highest BCUT2D eigenvalue weighted by atomic mass is 16.5. The second-order valence-corrected chi connectivity index (χ2v) is 4.96. The van der Waals surface area contributed by atoms with Gasteiger partial charge in [-0.05, 0) is 43.9 Å². The van der Waals surface area contributed by atoms with E-state index in [0.29, 0.717) is 5.75 Å². The summed E-state index contributed by atoms with van der Waals surface area (Å²) in [5, 5.41) is 10.8. The van der Waals surface area contributed by atoms with Gasteiger partial charge in [0, 0.05) is 6.04 Å². The summed E-state index contributed by atoms with van der Waals surface area (Å²) >= 11 is 0. The van der Waals surface area contributed by atoms with Gasteiger partial charge in [0.25, 0.3) is 5.91 Å². The van der Waals surface area contributed by atoms with Crippen LogP contribution < -0.4 is 15.8 Å². The summed E-state index contributed by atoms with van der Waals surface area (Å²) in [4.78, 5) is 11.4. The molecular formula is C15H21N3O2. The smallest absolute Gasteiger partial charge is 0.258 e. The number of nitrogens with two attached hydrogens (primary N) is 1. The van der Waals surface area contributed by atoms with Gasteiger partial charge in [-0.2, -0.15) is 5.26 Å². The standard InChI is InChI=1S/C15H21N3O2/c1-10-6-13(8-12(3)17)7-11(2)15(10)20-9-14(19)18-5-4-16/h6-7,12H,5,8-9,17H2,1-3H3,(H,18,19). The minimum Gasteiger partial charge on any atom is -0.483 e. The fraction of sp³-hybridized carbons (Fsp3) is 0.467. The fourth-order valence-electron chi connectivity index (χ4n) is 2.08.